The Bertz CT molecular complexity index is 108. The first-order chi connectivity index (χ1) is 5.34. The Morgan fingerprint density at radius 3 is 3.09 bits per heavy atom. The van der Waals surface area contributed by atoms with Crippen LogP contribution in [0.5, 0.6) is 0 Å². The maximum Gasteiger partial charge on any atom is 0.102 e. The van der Waals surface area contributed by atoms with Gasteiger partial charge in [0.1, 0.15) is 6.67 Å². The van der Waals surface area contributed by atoms with Crippen LogP contribution in [0.2, 0.25) is 0 Å². The predicted molar refractivity (Wildman–Crippen MR) is 44.5 cm³/mol. The number of halogens is 1. The summed E-state index contributed by atoms with van der Waals surface area (Å²) in [6.45, 7) is 3.49. The Balaban J connectivity index is 2.18. The summed E-state index contributed by atoms with van der Waals surface area (Å²) in [5, 5.41) is 6.54. The van der Waals surface area contributed by atoms with Gasteiger partial charge in [-0.2, -0.15) is 0 Å². The van der Waals surface area contributed by atoms with Gasteiger partial charge in [-0.25, -0.2) is 4.39 Å². The summed E-state index contributed by atoms with van der Waals surface area (Å²) in [5.74, 6) is 0. The van der Waals surface area contributed by atoms with Gasteiger partial charge in [0.2, 0.25) is 0 Å². The number of piperidine rings is 1. The van der Waals surface area contributed by atoms with E-state index < -0.39 is 0 Å². The van der Waals surface area contributed by atoms with Crippen molar-refractivity contribution in [2.24, 2.45) is 0 Å². The summed E-state index contributed by atoms with van der Waals surface area (Å²) in [6.07, 6.45) is 2.38. The van der Waals surface area contributed by atoms with Crippen molar-refractivity contribution < 1.29 is 4.39 Å². The molecule has 0 saturated carbocycles. The fourth-order valence-electron chi connectivity index (χ4n) is 1.56. The molecule has 0 bridgehead atoms. The maximum atomic E-state index is 11.8. The molecular weight excluding hydrogens is 143 g/mol. The first kappa shape index (κ1) is 8.94. The van der Waals surface area contributed by atoms with Crippen molar-refractivity contribution in [2.45, 2.75) is 31.8 Å². The third-order valence-electron chi connectivity index (χ3n) is 2.26. The molecule has 2 atom stereocenters. The minimum Gasteiger partial charge on any atom is -0.313 e. The molecule has 2 N–H and O–H groups in total. The van der Waals surface area contributed by atoms with Crippen LogP contribution in [0.25, 0.3) is 0 Å². The van der Waals surface area contributed by atoms with Gasteiger partial charge < -0.3 is 10.6 Å². The Kier molecular flexibility index (Phi) is 3.80. The molecule has 1 saturated heterocycles. The molecule has 0 aromatic heterocycles. The molecule has 0 amide bonds. The van der Waals surface area contributed by atoms with Crippen molar-refractivity contribution in [1.29, 1.82) is 0 Å². The smallest absolute Gasteiger partial charge is 0.102 e. The van der Waals surface area contributed by atoms with Crippen molar-refractivity contribution >= 4 is 0 Å². The van der Waals surface area contributed by atoms with Gasteiger partial charge in [-0.1, -0.05) is 0 Å². The van der Waals surface area contributed by atoms with E-state index in [2.05, 4.69) is 17.6 Å². The highest BCUT2D eigenvalue weighted by Gasteiger charge is 2.19. The zero-order valence-corrected chi connectivity index (χ0v) is 7.07. The molecule has 0 radical (unpaired) electrons. The SMILES string of the molecule is CC1NCCCC1NCCF. The second-order valence-corrected chi connectivity index (χ2v) is 3.13. The summed E-state index contributed by atoms with van der Waals surface area (Å²) in [4.78, 5) is 0. The monoisotopic (exact) mass is 160 g/mol. The molecule has 66 valence electrons. The molecule has 0 aliphatic carbocycles. The first-order valence-corrected chi connectivity index (χ1v) is 4.37. The van der Waals surface area contributed by atoms with Crippen LogP contribution in [0.4, 0.5) is 4.39 Å². The van der Waals surface area contributed by atoms with Crippen molar-refractivity contribution in [3.63, 3.8) is 0 Å². The predicted octanol–water partition coefficient (Wildman–Crippen LogP) is 0.686. The van der Waals surface area contributed by atoms with Crippen LogP contribution in [0.1, 0.15) is 19.8 Å². The van der Waals surface area contributed by atoms with Gasteiger partial charge in [-0.05, 0) is 26.3 Å². The minimum atomic E-state index is -0.261. The second-order valence-electron chi connectivity index (χ2n) is 3.13. The van der Waals surface area contributed by atoms with Crippen LogP contribution in [-0.4, -0.2) is 31.8 Å². The molecule has 1 fully saturated rings. The number of hydrogen-bond acceptors (Lipinski definition) is 2. The van der Waals surface area contributed by atoms with Crippen molar-refractivity contribution in [3.8, 4) is 0 Å². The van der Waals surface area contributed by atoms with Gasteiger partial charge in [0.15, 0.2) is 0 Å². The summed E-state index contributed by atoms with van der Waals surface area (Å²) >= 11 is 0. The van der Waals surface area contributed by atoms with Crippen LogP contribution in [0.3, 0.4) is 0 Å². The topological polar surface area (TPSA) is 24.1 Å². The normalized spacial score (nSPS) is 32.2. The maximum absolute atomic E-state index is 11.8. The van der Waals surface area contributed by atoms with Crippen molar-refractivity contribution in [2.75, 3.05) is 19.8 Å². The summed E-state index contributed by atoms with van der Waals surface area (Å²) < 4.78 is 11.8. The van der Waals surface area contributed by atoms with Crippen molar-refractivity contribution in [1.82, 2.24) is 10.6 Å². The molecule has 2 nitrogen and oxygen atoms in total. The fourth-order valence-corrected chi connectivity index (χ4v) is 1.56. The van der Waals surface area contributed by atoms with E-state index in [9.17, 15) is 4.39 Å². The zero-order chi connectivity index (χ0) is 8.10. The first-order valence-electron chi connectivity index (χ1n) is 4.37. The quantitative estimate of drug-likeness (QED) is 0.634. The lowest BCUT2D eigenvalue weighted by molar-refractivity contribution is 0.307. The van der Waals surface area contributed by atoms with Gasteiger partial charge in [0.05, 0.1) is 0 Å². The summed E-state index contributed by atoms with van der Waals surface area (Å²) in [6, 6.07) is 0.967. The van der Waals surface area contributed by atoms with Crippen LogP contribution in [0, 0.1) is 0 Å². The average molecular weight is 160 g/mol. The lowest BCUT2D eigenvalue weighted by Crippen LogP contribution is -2.50. The van der Waals surface area contributed by atoms with E-state index >= 15 is 0 Å². The molecule has 0 aromatic carbocycles. The average Bonchev–Trinajstić information content (AvgIpc) is 2.03. The zero-order valence-electron chi connectivity index (χ0n) is 7.07. The molecular formula is C8H17FN2. The molecule has 1 aliphatic rings. The van der Waals surface area contributed by atoms with Gasteiger partial charge in [-0.15, -0.1) is 0 Å². The Morgan fingerprint density at radius 2 is 2.45 bits per heavy atom. The standard InChI is InChI=1S/C8H17FN2/c1-7-8(11-6-4-9)3-2-5-10-7/h7-8,10-11H,2-6H2,1H3. The van der Waals surface area contributed by atoms with E-state index in [1.807, 2.05) is 0 Å². The molecule has 3 heteroatoms. The molecule has 11 heavy (non-hydrogen) atoms. The summed E-state index contributed by atoms with van der Waals surface area (Å²) in [5.41, 5.74) is 0. The van der Waals surface area contributed by atoms with E-state index in [0.717, 1.165) is 6.54 Å². The van der Waals surface area contributed by atoms with E-state index in [0.29, 0.717) is 18.6 Å². The Hall–Kier alpha value is -0.150. The third kappa shape index (κ3) is 2.75. The number of hydrogen-bond donors (Lipinski definition) is 2. The molecule has 2 unspecified atom stereocenters. The molecule has 0 aromatic rings. The van der Waals surface area contributed by atoms with Gasteiger partial charge >= 0.3 is 0 Å². The lowest BCUT2D eigenvalue weighted by atomic mass is 10.0. The van der Waals surface area contributed by atoms with Crippen LogP contribution >= 0.6 is 0 Å². The Labute approximate surface area is 67.6 Å². The molecule has 1 rings (SSSR count). The Morgan fingerprint density at radius 1 is 1.64 bits per heavy atom. The van der Waals surface area contributed by atoms with Gasteiger partial charge in [0.25, 0.3) is 0 Å². The highest BCUT2D eigenvalue weighted by atomic mass is 19.1. The van der Waals surface area contributed by atoms with E-state index in [-0.39, 0.29) is 6.67 Å². The van der Waals surface area contributed by atoms with Gasteiger partial charge in [-0.3, -0.25) is 0 Å². The summed E-state index contributed by atoms with van der Waals surface area (Å²) in [7, 11) is 0. The highest BCUT2D eigenvalue weighted by Crippen LogP contribution is 2.07. The highest BCUT2D eigenvalue weighted by molar-refractivity contribution is 4.82. The van der Waals surface area contributed by atoms with Crippen LogP contribution in [-0.2, 0) is 0 Å². The molecule has 0 spiro atoms. The number of rotatable bonds is 3. The van der Waals surface area contributed by atoms with E-state index in [4.69, 9.17) is 0 Å². The van der Waals surface area contributed by atoms with Crippen LogP contribution in [0.15, 0.2) is 0 Å². The van der Waals surface area contributed by atoms with E-state index in [1.165, 1.54) is 12.8 Å². The van der Waals surface area contributed by atoms with Gasteiger partial charge in [0, 0.05) is 18.6 Å². The second kappa shape index (κ2) is 4.67. The third-order valence-corrected chi connectivity index (χ3v) is 2.26. The van der Waals surface area contributed by atoms with E-state index in [1.54, 1.807) is 0 Å². The minimum absolute atomic E-state index is 0.261. The number of nitrogens with one attached hydrogen (secondary N) is 2. The molecule has 1 heterocycles. The largest absolute Gasteiger partial charge is 0.313 e. The fraction of sp³-hybridized carbons (Fsp3) is 1.00. The van der Waals surface area contributed by atoms with Crippen molar-refractivity contribution in [3.05, 3.63) is 0 Å². The lowest BCUT2D eigenvalue weighted by Gasteiger charge is -2.30. The number of alkyl halides is 1. The molecule has 1 aliphatic heterocycles. The van der Waals surface area contributed by atoms with Crippen LogP contribution < -0.4 is 10.6 Å².